The highest BCUT2D eigenvalue weighted by Gasteiger charge is 2.23. The van der Waals surface area contributed by atoms with Crippen molar-refractivity contribution in [1.29, 1.82) is 0 Å². The molecule has 1 fully saturated rings. The van der Waals surface area contributed by atoms with E-state index in [4.69, 9.17) is 4.52 Å². The van der Waals surface area contributed by atoms with Crippen LogP contribution >= 0.6 is 0 Å². The van der Waals surface area contributed by atoms with E-state index in [1.165, 1.54) is 25.7 Å². The van der Waals surface area contributed by atoms with Crippen LogP contribution in [0.2, 0.25) is 0 Å². The van der Waals surface area contributed by atoms with Gasteiger partial charge in [0.05, 0.1) is 11.4 Å². The second kappa shape index (κ2) is 8.30. The lowest BCUT2D eigenvalue weighted by atomic mass is 10.1. The largest absolute Gasteiger partial charge is 0.370 e. The highest BCUT2D eigenvalue weighted by molar-refractivity contribution is 6.10. The molecule has 5 nitrogen and oxygen atoms in total. The number of nitrogens with one attached hydrogen (secondary N) is 1. The highest BCUT2D eigenvalue weighted by Crippen LogP contribution is 2.30. The van der Waals surface area contributed by atoms with Gasteiger partial charge in [0.2, 0.25) is 0 Å². The zero-order valence-electron chi connectivity index (χ0n) is 16.1. The molecule has 1 N–H and O–H groups in total. The minimum atomic E-state index is -0.195. The van der Waals surface area contributed by atoms with Crippen LogP contribution in [0, 0.1) is 6.92 Å². The van der Waals surface area contributed by atoms with Gasteiger partial charge in [-0.15, -0.1) is 0 Å². The quantitative estimate of drug-likeness (QED) is 0.674. The molecule has 1 aromatic heterocycles. The van der Waals surface area contributed by atoms with Crippen LogP contribution < -0.4 is 10.2 Å². The summed E-state index contributed by atoms with van der Waals surface area (Å²) in [7, 11) is 0. The zero-order chi connectivity index (χ0) is 19.3. The van der Waals surface area contributed by atoms with Crippen LogP contribution in [-0.2, 0) is 0 Å². The third-order valence-electron chi connectivity index (χ3n) is 5.24. The Balaban J connectivity index is 1.63. The average molecular weight is 375 g/mol. The van der Waals surface area contributed by atoms with Gasteiger partial charge in [-0.1, -0.05) is 60.5 Å². The summed E-state index contributed by atoms with van der Waals surface area (Å²) in [5.41, 5.74) is 3.83. The maximum atomic E-state index is 13.2. The lowest BCUT2D eigenvalue weighted by molar-refractivity contribution is 0.102. The van der Waals surface area contributed by atoms with E-state index in [2.05, 4.69) is 21.4 Å². The van der Waals surface area contributed by atoms with E-state index in [1.54, 1.807) is 6.92 Å². The topological polar surface area (TPSA) is 58.4 Å². The molecule has 1 saturated heterocycles. The van der Waals surface area contributed by atoms with E-state index in [0.29, 0.717) is 17.0 Å². The van der Waals surface area contributed by atoms with Gasteiger partial charge in [0.25, 0.3) is 5.91 Å². The molecule has 28 heavy (non-hydrogen) atoms. The van der Waals surface area contributed by atoms with Crippen molar-refractivity contribution in [2.24, 2.45) is 0 Å². The van der Waals surface area contributed by atoms with Gasteiger partial charge in [-0.3, -0.25) is 4.79 Å². The number of rotatable bonds is 4. The first kappa shape index (κ1) is 18.3. The number of benzene rings is 2. The van der Waals surface area contributed by atoms with Crippen molar-refractivity contribution in [3.63, 3.8) is 0 Å². The molecule has 1 amide bonds. The molecule has 0 aliphatic carbocycles. The number of carbonyl (C=O) groups excluding carboxylic acids is 1. The molecular formula is C23H25N3O2. The lowest BCUT2D eigenvalue weighted by Crippen LogP contribution is -2.25. The van der Waals surface area contributed by atoms with Crippen LogP contribution in [0.25, 0.3) is 11.3 Å². The lowest BCUT2D eigenvalue weighted by Gasteiger charge is -2.25. The number of amides is 1. The van der Waals surface area contributed by atoms with Crippen molar-refractivity contribution in [1.82, 2.24) is 5.16 Å². The predicted octanol–water partition coefficient (Wildman–Crippen LogP) is 5.28. The van der Waals surface area contributed by atoms with Gasteiger partial charge in [0.1, 0.15) is 17.0 Å². The van der Waals surface area contributed by atoms with Crippen molar-refractivity contribution >= 4 is 17.3 Å². The first-order valence-corrected chi connectivity index (χ1v) is 9.91. The van der Waals surface area contributed by atoms with Gasteiger partial charge >= 0.3 is 0 Å². The maximum Gasteiger partial charge on any atom is 0.261 e. The van der Waals surface area contributed by atoms with E-state index < -0.39 is 0 Å². The molecule has 0 radical (unpaired) electrons. The van der Waals surface area contributed by atoms with Crippen LogP contribution in [0.5, 0.6) is 0 Å². The standard InChI is InChI=1S/C23H25N3O2/c1-17-21(22(25-28-17)18-11-5-4-6-12-18)23(27)24-19-13-7-8-14-20(19)26-15-9-2-3-10-16-26/h4-8,11-14H,2-3,9-10,15-16H2,1H3,(H,24,27). The summed E-state index contributed by atoms with van der Waals surface area (Å²) in [5, 5.41) is 7.23. The molecule has 2 aromatic carbocycles. The average Bonchev–Trinajstić information content (AvgIpc) is 2.92. The molecule has 0 spiro atoms. The highest BCUT2D eigenvalue weighted by atomic mass is 16.5. The number of hydrogen-bond acceptors (Lipinski definition) is 4. The summed E-state index contributed by atoms with van der Waals surface area (Å²) in [4.78, 5) is 15.5. The maximum absolute atomic E-state index is 13.2. The fourth-order valence-electron chi connectivity index (χ4n) is 3.78. The predicted molar refractivity (Wildman–Crippen MR) is 112 cm³/mol. The van der Waals surface area contributed by atoms with Gasteiger partial charge in [0.15, 0.2) is 0 Å². The summed E-state index contributed by atoms with van der Waals surface area (Å²) in [6.07, 6.45) is 4.91. The molecule has 4 rings (SSSR count). The number of carbonyl (C=O) groups is 1. The molecule has 2 heterocycles. The SMILES string of the molecule is Cc1onc(-c2ccccc2)c1C(=O)Nc1ccccc1N1CCCCCC1. The monoisotopic (exact) mass is 375 g/mol. The Labute approximate surface area is 165 Å². The van der Waals surface area contributed by atoms with Crippen LogP contribution in [0.15, 0.2) is 59.1 Å². The summed E-state index contributed by atoms with van der Waals surface area (Å²) < 4.78 is 5.35. The van der Waals surface area contributed by atoms with Crippen LogP contribution in [0.3, 0.4) is 0 Å². The first-order chi connectivity index (χ1) is 13.7. The van der Waals surface area contributed by atoms with E-state index in [9.17, 15) is 4.79 Å². The van der Waals surface area contributed by atoms with Crippen molar-refractivity contribution in [2.45, 2.75) is 32.6 Å². The fraction of sp³-hybridized carbons (Fsp3) is 0.304. The third kappa shape index (κ3) is 3.79. The molecular weight excluding hydrogens is 350 g/mol. The number of nitrogens with zero attached hydrogens (tertiary/aromatic N) is 2. The third-order valence-corrected chi connectivity index (χ3v) is 5.24. The van der Waals surface area contributed by atoms with Gasteiger partial charge < -0.3 is 14.7 Å². The van der Waals surface area contributed by atoms with E-state index in [-0.39, 0.29) is 5.91 Å². The molecule has 0 saturated carbocycles. The van der Waals surface area contributed by atoms with Gasteiger partial charge in [-0.25, -0.2) is 0 Å². The fourth-order valence-corrected chi connectivity index (χ4v) is 3.78. The van der Waals surface area contributed by atoms with Crippen molar-refractivity contribution < 1.29 is 9.32 Å². The molecule has 5 heteroatoms. The Morgan fingerprint density at radius 2 is 1.64 bits per heavy atom. The first-order valence-electron chi connectivity index (χ1n) is 9.91. The number of para-hydroxylation sites is 2. The van der Waals surface area contributed by atoms with Crippen LogP contribution in [-0.4, -0.2) is 24.2 Å². The summed E-state index contributed by atoms with van der Waals surface area (Å²) >= 11 is 0. The molecule has 0 unspecified atom stereocenters. The minimum Gasteiger partial charge on any atom is -0.370 e. The number of hydrogen-bond donors (Lipinski definition) is 1. The normalized spacial score (nSPS) is 14.5. The number of aryl methyl sites for hydroxylation is 1. The Kier molecular flexibility index (Phi) is 5.42. The Morgan fingerprint density at radius 3 is 2.39 bits per heavy atom. The van der Waals surface area contributed by atoms with Crippen LogP contribution in [0.4, 0.5) is 11.4 Å². The smallest absolute Gasteiger partial charge is 0.261 e. The summed E-state index contributed by atoms with van der Waals surface area (Å²) in [5.74, 6) is 0.323. The molecule has 3 aromatic rings. The molecule has 0 bridgehead atoms. The minimum absolute atomic E-state index is 0.195. The van der Waals surface area contributed by atoms with Gasteiger partial charge in [0, 0.05) is 18.7 Å². The van der Waals surface area contributed by atoms with E-state index in [0.717, 1.165) is 30.0 Å². The molecule has 144 valence electrons. The molecule has 1 aliphatic rings. The molecule has 0 atom stereocenters. The second-order valence-corrected chi connectivity index (χ2v) is 7.20. The Bertz CT molecular complexity index is 941. The van der Waals surface area contributed by atoms with E-state index >= 15 is 0 Å². The molecule has 1 aliphatic heterocycles. The Morgan fingerprint density at radius 1 is 0.964 bits per heavy atom. The number of anilines is 2. The van der Waals surface area contributed by atoms with E-state index in [1.807, 2.05) is 48.5 Å². The Hall–Kier alpha value is -3.08. The van der Waals surface area contributed by atoms with Crippen molar-refractivity contribution in [3.8, 4) is 11.3 Å². The zero-order valence-corrected chi connectivity index (χ0v) is 16.1. The van der Waals surface area contributed by atoms with Crippen molar-refractivity contribution in [3.05, 3.63) is 65.9 Å². The van der Waals surface area contributed by atoms with Gasteiger partial charge in [-0.2, -0.15) is 0 Å². The van der Waals surface area contributed by atoms with Crippen LogP contribution in [0.1, 0.15) is 41.8 Å². The summed E-state index contributed by atoms with van der Waals surface area (Å²) in [6, 6.07) is 17.7. The summed E-state index contributed by atoms with van der Waals surface area (Å²) in [6.45, 7) is 3.82. The van der Waals surface area contributed by atoms with Gasteiger partial charge in [-0.05, 0) is 31.9 Å². The van der Waals surface area contributed by atoms with Crippen molar-refractivity contribution in [2.75, 3.05) is 23.3 Å². The second-order valence-electron chi connectivity index (χ2n) is 7.20. The number of aromatic nitrogens is 1.